The molecular formula is C14H22N2O4S2. The van der Waals surface area contributed by atoms with Gasteiger partial charge in [-0.1, -0.05) is 5.16 Å². The molecule has 1 fully saturated rings. The smallest absolute Gasteiger partial charge is 0.232 e. The van der Waals surface area contributed by atoms with Crippen LogP contribution in [0.4, 0.5) is 0 Å². The highest BCUT2D eigenvalue weighted by atomic mass is 32.2. The number of nitrogens with zero attached hydrogens (tertiary/aromatic N) is 2. The Morgan fingerprint density at radius 2 is 2.18 bits per heavy atom. The first kappa shape index (κ1) is 17.3. The second-order valence-electron chi connectivity index (χ2n) is 5.53. The van der Waals surface area contributed by atoms with E-state index in [1.807, 2.05) is 20.8 Å². The van der Waals surface area contributed by atoms with Gasteiger partial charge in [0.2, 0.25) is 5.91 Å². The van der Waals surface area contributed by atoms with Gasteiger partial charge >= 0.3 is 0 Å². The molecule has 1 aromatic rings. The van der Waals surface area contributed by atoms with Crippen LogP contribution in [-0.2, 0) is 20.4 Å². The number of aryl methyl sites for hydroxylation is 2. The summed E-state index contributed by atoms with van der Waals surface area (Å²) in [6.07, 6.45) is 0.552. The Balaban J connectivity index is 1.88. The molecule has 0 aromatic carbocycles. The van der Waals surface area contributed by atoms with E-state index in [0.29, 0.717) is 24.5 Å². The molecule has 0 aliphatic carbocycles. The molecule has 1 amide bonds. The number of thioether (sulfide) groups is 1. The van der Waals surface area contributed by atoms with Gasteiger partial charge in [0.25, 0.3) is 0 Å². The van der Waals surface area contributed by atoms with Crippen molar-refractivity contribution >= 4 is 27.5 Å². The van der Waals surface area contributed by atoms with E-state index in [1.165, 1.54) is 11.8 Å². The number of hydrogen-bond acceptors (Lipinski definition) is 6. The molecule has 8 heteroatoms. The standard InChI is InChI=1S/C14H22N2O4S2/c1-4-16(12-5-6-22(18,19)9-12)14(17)8-21-7-13-10(2)15-20-11(13)3/h12H,4-9H2,1-3H3. The molecule has 1 unspecified atom stereocenters. The summed E-state index contributed by atoms with van der Waals surface area (Å²) in [5.74, 6) is 2.09. The van der Waals surface area contributed by atoms with Crippen LogP contribution in [0.3, 0.4) is 0 Å². The van der Waals surface area contributed by atoms with Crippen molar-refractivity contribution in [2.45, 2.75) is 39.0 Å². The predicted molar refractivity (Wildman–Crippen MR) is 86.6 cm³/mol. The van der Waals surface area contributed by atoms with Gasteiger partial charge < -0.3 is 9.42 Å². The van der Waals surface area contributed by atoms with Crippen LogP contribution in [0.25, 0.3) is 0 Å². The number of amides is 1. The summed E-state index contributed by atoms with van der Waals surface area (Å²) < 4.78 is 28.2. The van der Waals surface area contributed by atoms with Gasteiger partial charge in [0.1, 0.15) is 5.76 Å². The highest BCUT2D eigenvalue weighted by Crippen LogP contribution is 2.22. The highest BCUT2D eigenvalue weighted by Gasteiger charge is 2.33. The SMILES string of the molecule is CCN(C(=O)CSCc1c(C)noc1C)C1CCS(=O)(=O)C1. The molecule has 124 valence electrons. The molecule has 0 saturated carbocycles. The van der Waals surface area contributed by atoms with E-state index in [2.05, 4.69) is 5.16 Å². The van der Waals surface area contributed by atoms with Crippen LogP contribution in [0, 0.1) is 13.8 Å². The maximum atomic E-state index is 12.3. The average molecular weight is 346 g/mol. The first-order valence-corrected chi connectivity index (χ1v) is 10.3. The van der Waals surface area contributed by atoms with E-state index >= 15 is 0 Å². The number of rotatable bonds is 6. The zero-order valence-corrected chi connectivity index (χ0v) is 14.8. The third-order valence-corrected chi connectivity index (χ3v) is 6.66. The number of hydrogen-bond donors (Lipinski definition) is 0. The summed E-state index contributed by atoms with van der Waals surface area (Å²) in [5.41, 5.74) is 1.89. The van der Waals surface area contributed by atoms with Crippen molar-refractivity contribution in [3.05, 3.63) is 17.0 Å². The van der Waals surface area contributed by atoms with Gasteiger partial charge in [-0.2, -0.15) is 0 Å². The Morgan fingerprint density at radius 3 is 2.68 bits per heavy atom. The van der Waals surface area contributed by atoms with Crippen LogP contribution in [-0.4, -0.2) is 54.2 Å². The van der Waals surface area contributed by atoms with Crippen LogP contribution < -0.4 is 0 Å². The van der Waals surface area contributed by atoms with E-state index in [1.54, 1.807) is 4.90 Å². The lowest BCUT2D eigenvalue weighted by Gasteiger charge is -2.26. The minimum Gasteiger partial charge on any atom is -0.361 e. The summed E-state index contributed by atoms with van der Waals surface area (Å²) in [7, 11) is -2.97. The summed E-state index contributed by atoms with van der Waals surface area (Å²) in [6.45, 7) is 6.18. The van der Waals surface area contributed by atoms with Crippen molar-refractivity contribution in [2.24, 2.45) is 0 Å². The summed E-state index contributed by atoms with van der Waals surface area (Å²) in [5, 5.41) is 3.89. The monoisotopic (exact) mass is 346 g/mol. The van der Waals surface area contributed by atoms with Crippen molar-refractivity contribution in [1.82, 2.24) is 10.1 Å². The van der Waals surface area contributed by atoms with Gasteiger partial charge in [0.05, 0.1) is 23.0 Å². The summed E-state index contributed by atoms with van der Waals surface area (Å²) in [6, 6.07) is -0.165. The fourth-order valence-electron chi connectivity index (χ4n) is 2.69. The highest BCUT2D eigenvalue weighted by molar-refractivity contribution is 7.99. The molecule has 0 bridgehead atoms. The zero-order valence-electron chi connectivity index (χ0n) is 13.2. The molecule has 0 spiro atoms. The Bertz CT molecular complexity index is 620. The molecule has 22 heavy (non-hydrogen) atoms. The minimum atomic E-state index is -2.97. The zero-order chi connectivity index (χ0) is 16.3. The van der Waals surface area contributed by atoms with Crippen molar-refractivity contribution in [3.8, 4) is 0 Å². The van der Waals surface area contributed by atoms with E-state index in [4.69, 9.17) is 4.52 Å². The first-order chi connectivity index (χ1) is 10.3. The number of aromatic nitrogens is 1. The number of carbonyl (C=O) groups excluding carboxylic acids is 1. The van der Waals surface area contributed by atoms with E-state index in [-0.39, 0.29) is 23.5 Å². The fourth-order valence-corrected chi connectivity index (χ4v) is 5.48. The van der Waals surface area contributed by atoms with Crippen molar-refractivity contribution in [3.63, 3.8) is 0 Å². The molecule has 1 aliphatic rings. The lowest BCUT2D eigenvalue weighted by Crippen LogP contribution is -2.41. The largest absolute Gasteiger partial charge is 0.361 e. The van der Waals surface area contributed by atoms with Crippen molar-refractivity contribution in [1.29, 1.82) is 0 Å². The Morgan fingerprint density at radius 1 is 1.45 bits per heavy atom. The summed E-state index contributed by atoms with van der Waals surface area (Å²) >= 11 is 1.51. The van der Waals surface area contributed by atoms with Crippen molar-refractivity contribution in [2.75, 3.05) is 23.8 Å². The Kier molecular flexibility index (Phi) is 5.55. The molecular weight excluding hydrogens is 324 g/mol. The summed E-state index contributed by atoms with van der Waals surface area (Å²) in [4.78, 5) is 14.0. The van der Waals surface area contributed by atoms with Gasteiger partial charge in [-0.05, 0) is 27.2 Å². The molecule has 0 radical (unpaired) electrons. The van der Waals surface area contributed by atoms with Gasteiger partial charge in [-0.25, -0.2) is 8.42 Å². The lowest BCUT2D eigenvalue weighted by atomic mass is 10.2. The van der Waals surface area contributed by atoms with Gasteiger partial charge in [-0.15, -0.1) is 11.8 Å². The van der Waals surface area contributed by atoms with Crippen LogP contribution in [0.2, 0.25) is 0 Å². The second-order valence-corrected chi connectivity index (χ2v) is 8.75. The quantitative estimate of drug-likeness (QED) is 0.778. The predicted octanol–water partition coefficient (Wildman–Crippen LogP) is 1.56. The third kappa shape index (κ3) is 4.04. The van der Waals surface area contributed by atoms with Crippen LogP contribution in [0.1, 0.15) is 30.4 Å². The van der Waals surface area contributed by atoms with Crippen molar-refractivity contribution < 1.29 is 17.7 Å². The average Bonchev–Trinajstić information content (AvgIpc) is 2.95. The maximum absolute atomic E-state index is 12.3. The molecule has 6 nitrogen and oxygen atoms in total. The lowest BCUT2D eigenvalue weighted by molar-refractivity contribution is -0.129. The molecule has 1 aromatic heterocycles. The molecule has 1 saturated heterocycles. The minimum absolute atomic E-state index is 0.00126. The van der Waals surface area contributed by atoms with E-state index < -0.39 is 9.84 Å². The fraction of sp³-hybridized carbons (Fsp3) is 0.714. The first-order valence-electron chi connectivity index (χ1n) is 7.33. The van der Waals surface area contributed by atoms with E-state index in [0.717, 1.165) is 17.0 Å². The van der Waals surface area contributed by atoms with Gasteiger partial charge in [0.15, 0.2) is 9.84 Å². The van der Waals surface area contributed by atoms with Crippen LogP contribution in [0.5, 0.6) is 0 Å². The molecule has 2 heterocycles. The second kappa shape index (κ2) is 7.04. The molecule has 2 rings (SSSR count). The van der Waals surface area contributed by atoms with Crippen LogP contribution in [0.15, 0.2) is 4.52 Å². The van der Waals surface area contributed by atoms with E-state index in [9.17, 15) is 13.2 Å². The number of sulfone groups is 1. The van der Waals surface area contributed by atoms with Gasteiger partial charge in [-0.3, -0.25) is 4.79 Å². The molecule has 1 aliphatic heterocycles. The number of carbonyl (C=O) groups is 1. The maximum Gasteiger partial charge on any atom is 0.232 e. The Labute approximate surface area is 135 Å². The third-order valence-electron chi connectivity index (χ3n) is 3.96. The Hall–Kier alpha value is -1.02. The molecule has 1 atom stereocenters. The topological polar surface area (TPSA) is 80.5 Å². The van der Waals surface area contributed by atoms with Gasteiger partial charge in [0, 0.05) is 23.9 Å². The normalized spacial score (nSPS) is 20.2. The van der Waals surface area contributed by atoms with Crippen LogP contribution >= 0.6 is 11.8 Å². The molecule has 0 N–H and O–H groups in total.